The molecule has 0 saturated heterocycles. The number of aromatic hydroxyl groups is 1. The van der Waals surface area contributed by atoms with Crippen molar-refractivity contribution >= 4 is 22.2 Å². The van der Waals surface area contributed by atoms with Crippen molar-refractivity contribution in [1.82, 2.24) is 9.97 Å². The molecule has 4 aromatic rings. The third-order valence-corrected chi connectivity index (χ3v) is 4.36. The fourth-order valence-corrected chi connectivity index (χ4v) is 3.27. The summed E-state index contributed by atoms with van der Waals surface area (Å²) in [6, 6.07) is 15.3. The van der Waals surface area contributed by atoms with Gasteiger partial charge in [-0.1, -0.05) is 32.0 Å². The van der Waals surface area contributed by atoms with Crippen LogP contribution in [0, 0.1) is 0 Å². The summed E-state index contributed by atoms with van der Waals surface area (Å²) >= 11 is 1.63. The molecule has 0 unspecified atom stereocenters. The van der Waals surface area contributed by atoms with Gasteiger partial charge < -0.3 is 10.1 Å². The molecule has 116 valence electrons. The zero-order valence-electron chi connectivity index (χ0n) is 13.1. The molecule has 0 atom stereocenters. The second-order valence-corrected chi connectivity index (χ2v) is 5.69. The largest absolute Gasteiger partial charge is 0.508 e. The van der Waals surface area contributed by atoms with Gasteiger partial charge in [0, 0.05) is 33.6 Å². The molecule has 0 aliphatic carbocycles. The molecule has 0 saturated carbocycles. The van der Waals surface area contributed by atoms with E-state index in [0.717, 1.165) is 27.3 Å². The number of hydrogen-bond acceptors (Lipinski definition) is 3. The number of thiazole rings is 1. The van der Waals surface area contributed by atoms with Crippen molar-refractivity contribution < 1.29 is 5.11 Å². The number of aromatic amines is 1. The second kappa shape index (κ2) is 6.67. The number of phenols is 1. The molecule has 23 heavy (non-hydrogen) atoms. The van der Waals surface area contributed by atoms with E-state index < -0.39 is 0 Å². The van der Waals surface area contributed by atoms with Crippen LogP contribution >= 0.6 is 11.3 Å². The standard InChI is InChI=1S/C17H12N2OS.C2H6/c20-12-7-5-11(6-8-12)16-10-21-17(19-16)14-9-18-15-4-2-1-3-13(14)15;1-2/h1-10,18,20H;1-2H3. The Balaban J connectivity index is 0.000000753. The highest BCUT2D eigenvalue weighted by atomic mass is 32.1. The lowest BCUT2D eigenvalue weighted by Gasteiger charge is -1.97. The van der Waals surface area contributed by atoms with Crippen LogP contribution in [0.15, 0.2) is 60.1 Å². The average molecular weight is 322 g/mol. The summed E-state index contributed by atoms with van der Waals surface area (Å²) in [4.78, 5) is 8.00. The summed E-state index contributed by atoms with van der Waals surface area (Å²) in [5.74, 6) is 0.269. The Morgan fingerprint density at radius 3 is 2.52 bits per heavy atom. The normalized spacial score (nSPS) is 10.3. The van der Waals surface area contributed by atoms with E-state index in [1.165, 1.54) is 5.39 Å². The van der Waals surface area contributed by atoms with Gasteiger partial charge in [0.2, 0.25) is 0 Å². The first kappa shape index (κ1) is 15.3. The number of rotatable bonds is 2. The molecule has 2 aromatic carbocycles. The van der Waals surface area contributed by atoms with Gasteiger partial charge in [-0.25, -0.2) is 4.98 Å². The first-order valence-corrected chi connectivity index (χ1v) is 8.51. The molecule has 0 fully saturated rings. The lowest BCUT2D eigenvalue weighted by molar-refractivity contribution is 0.475. The fourth-order valence-electron chi connectivity index (χ4n) is 2.41. The predicted octanol–water partition coefficient (Wildman–Crippen LogP) is 5.69. The molecule has 0 radical (unpaired) electrons. The first-order chi connectivity index (χ1) is 11.3. The number of phenolic OH excluding ortho intramolecular Hbond substituents is 1. The van der Waals surface area contributed by atoms with Crippen molar-refractivity contribution in [2.75, 3.05) is 0 Å². The Morgan fingerprint density at radius 1 is 1.00 bits per heavy atom. The molecule has 4 heteroatoms. The van der Waals surface area contributed by atoms with Crippen LogP contribution in [-0.2, 0) is 0 Å². The Kier molecular flexibility index (Phi) is 4.44. The van der Waals surface area contributed by atoms with E-state index in [0.29, 0.717) is 0 Å². The second-order valence-electron chi connectivity index (χ2n) is 4.83. The molecule has 0 spiro atoms. The van der Waals surface area contributed by atoms with E-state index >= 15 is 0 Å². The Labute approximate surface area is 139 Å². The predicted molar refractivity (Wildman–Crippen MR) is 97.9 cm³/mol. The summed E-state index contributed by atoms with van der Waals surface area (Å²) in [7, 11) is 0. The van der Waals surface area contributed by atoms with E-state index in [-0.39, 0.29) is 5.75 Å². The third-order valence-electron chi connectivity index (χ3n) is 3.49. The maximum atomic E-state index is 9.36. The Hall–Kier alpha value is -2.59. The summed E-state index contributed by atoms with van der Waals surface area (Å²) in [5.41, 5.74) is 4.19. The van der Waals surface area contributed by atoms with Crippen LogP contribution in [0.25, 0.3) is 32.7 Å². The number of nitrogens with one attached hydrogen (secondary N) is 1. The lowest BCUT2D eigenvalue weighted by atomic mass is 10.1. The molecule has 0 amide bonds. The van der Waals surface area contributed by atoms with Gasteiger partial charge in [0.1, 0.15) is 10.8 Å². The zero-order valence-corrected chi connectivity index (χ0v) is 13.9. The van der Waals surface area contributed by atoms with Crippen LogP contribution in [-0.4, -0.2) is 15.1 Å². The molecule has 4 rings (SSSR count). The third kappa shape index (κ3) is 2.98. The highest BCUT2D eigenvalue weighted by Gasteiger charge is 2.10. The van der Waals surface area contributed by atoms with Gasteiger partial charge in [0.05, 0.1) is 5.69 Å². The van der Waals surface area contributed by atoms with Crippen molar-refractivity contribution in [3.63, 3.8) is 0 Å². The van der Waals surface area contributed by atoms with E-state index in [1.54, 1.807) is 23.5 Å². The van der Waals surface area contributed by atoms with E-state index in [9.17, 15) is 5.11 Å². The van der Waals surface area contributed by atoms with Gasteiger partial charge >= 0.3 is 0 Å². The molecule has 3 nitrogen and oxygen atoms in total. The molecule has 2 N–H and O–H groups in total. The topological polar surface area (TPSA) is 48.9 Å². The molecule has 0 aliphatic heterocycles. The molecule has 2 aromatic heterocycles. The van der Waals surface area contributed by atoms with Gasteiger partial charge in [-0.15, -0.1) is 11.3 Å². The number of fused-ring (bicyclic) bond motifs is 1. The highest BCUT2D eigenvalue weighted by molar-refractivity contribution is 7.13. The quantitative estimate of drug-likeness (QED) is 0.498. The summed E-state index contributed by atoms with van der Waals surface area (Å²) in [6.45, 7) is 4.00. The number of hydrogen-bond donors (Lipinski definition) is 2. The molecule has 0 bridgehead atoms. The van der Waals surface area contributed by atoms with Gasteiger partial charge in [-0.2, -0.15) is 0 Å². The average Bonchev–Trinajstić information content (AvgIpc) is 3.24. The maximum Gasteiger partial charge on any atom is 0.126 e. The minimum absolute atomic E-state index is 0.269. The lowest BCUT2D eigenvalue weighted by Crippen LogP contribution is -1.78. The van der Waals surface area contributed by atoms with Gasteiger partial charge in [0.25, 0.3) is 0 Å². The Morgan fingerprint density at radius 2 is 1.74 bits per heavy atom. The highest BCUT2D eigenvalue weighted by Crippen LogP contribution is 2.33. The summed E-state index contributed by atoms with van der Waals surface area (Å²) in [5, 5.41) is 13.6. The number of para-hydroxylation sites is 1. The van der Waals surface area contributed by atoms with Gasteiger partial charge in [0.15, 0.2) is 0 Å². The van der Waals surface area contributed by atoms with Gasteiger partial charge in [-0.05, 0) is 30.3 Å². The van der Waals surface area contributed by atoms with Crippen LogP contribution in [0.1, 0.15) is 13.8 Å². The van der Waals surface area contributed by atoms with Crippen LogP contribution in [0.2, 0.25) is 0 Å². The minimum Gasteiger partial charge on any atom is -0.508 e. The first-order valence-electron chi connectivity index (χ1n) is 7.63. The monoisotopic (exact) mass is 322 g/mol. The van der Waals surface area contributed by atoms with Crippen molar-refractivity contribution in [1.29, 1.82) is 0 Å². The van der Waals surface area contributed by atoms with Crippen molar-refractivity contribution in [3.05, 3.63) is 60.1 Å². The number of nitrogens with zero attached hydrogens (tertiary/aromatic N) is 1. The van der Waals surface area contributed by atoms with E-state index in [4.69, 9.17) is 4.98 Å². The summed E-state index contributed by atoms with van der Waals surface area (Å²) in [6.07, 6.45) is 2.00. The molecular formula is C19H18N2OS. The Bertz CT molecular complexity index is 906. The van der Waals surface area contributed by atoms with Crippen molar-refractivity contribution in [3.8, 4) is 27.6 Å². The fraction of sp³-hybridized carbons (Fsp3) is 0.105. The number of aromatic nitrogens is 2. The van der Waals surface area contributed by atoms with Crippen LogP contribution in [0.3, 0.4) is 0 Å². The minimum atomic E-state index is 0.269. The molecular weight excluding hydrogens is 304 g/mol. The molecule has 0 aliphatic rings. The maximum absolute atomic E-state index is 9.36. The zero-order chi connectivity index (χ0) is 16.2. The number of H-pyrrole nitrogens is 1. The van der Waals surface area contributed by atoms with Crippen LogP contribution in [0.4, 0.5) is 0 Å². The van der Waals surface area contributed by atoms with Gasteiger partial charge in [-0.3, -0.25) is 0 Å². The number of benzene rings is 2. The smallest absolute Gasteiger partial charge is 0.126 e. The van der Waals surface area contributed by atoms with Crippen molar-refractivity contribution in [2.24, 2.45) is 0 Å². The van der Waals surface area contributed by atoms with Crippen LogP contribution in [0.5, 0.6) is 5.75 Å². The SMILES string of the molecule is CC.Oc1ccc(-c2csc(-c3c[nH]c4ccccc34)n2)cc1. The van der Waals surface area contributed by atoms with E-state index in [2.05, 4.69) is 17.1 Å². The van der Waals surface area contributed by atoms with Crippen LogP contribution < -0.4 is 0 Å². The molecule has 2 heterocycles. The van der Waals surface area contributed by atoms with Crippen molar-refractivity contribution in [2.45, 2.75) is 13.8 Å². The van der Waals surface area contributed by atoms with E-state index in [1.807, 2.05) is 49.7 Å². The summed E-state index contributed by atoms with van der Waals surface area (Å²) < 4.78 is 0.